The number of amides is 4. The van der Waals surface area contributed by atoms with Crippen molar-refractivity contribution >= 4 is 39.8 Å². The fourth-order valence-electron chi connectivity index (χ4n) is 5.39. The Morgan fingerprint density at radius 2 is 1.53 bits per heavy atom. The number of methoxy groups -OCH3 is 2. The number of ether oxygens (including phenoxy) is 3. The summed E-state index contributed by atoms with van der Waals surface area (Å²) in [5, 5.41) is 17.0. The maximum absolute atomic E-state index is 13.4. The molecule has 1 aliphatic rings. The Hall–Kier alpha value is -5.64. The maximum atomic E-state index is 13.4. The van der Waals surface area contributed by atoms with Gasteiger partial charge in [-0.1, -0.05) is 60.7 Å². The van der Waals surface area contributed by atoms with Crippen LogP contribution in [-0.2, 0) is 46.7 Å². The van der Waals surface area contributed by atoms with Gasteiger partial charge in [0.2, 0.25) is 21.8 Å². The minimum atomic E-state index is -3.85. The number of sulfonamides is 1. The van der Waals surface area contributed by atoms with Crippen molar-refractivity contribution in [3.63, 3.8) is 0 Å². The number of unbranched alkanes of at least 4 members (excludes halogenated alkanes) is 1. The van der Waals surface area contributed by atoms with Gasteiger partial charge in [0.1, 0.15) is 34.4 Å². The van der Waals surface area contributed by atoms with E-state index in [1.165, 1.54) is 32.4 Å². The van der Waals surface area contributed by atoms with Crippen molar-refractivity contribution in [2.45, 2.75) is 49.4 Å². The Balaban J connectivity index is 1.40. The van der Waals surface area contributed by atoms with E-state index in [0.717, 1.165) is 5.56 Å². The summed E-state index contributed by atoms with van der Waals surface area (Å²) in [7, 11) is -1.46. The van der Waals surface area contributed by atoms with E-state index in [4.69, 9.17) is 14.2 Å². The molecule has 272 valence electrons. The van der Waals surface area contributed by atoms with Crippen LogP contribution >= 0.6 is 0 Å². The molecular formula is C35H40N4O11S. The summed E-state index contributed by atoms with van der Waals surface area (Å²) in [6.07, 6.45) is 0.858. The van der Waals surface area contributed by atoms with Crippen LogP contribution < -0.4 is 25.4 Å². The van der Waals surface area contributed by atoms with Crippen molar-refractivity contribution in [2.75, 3.05) is 27.4 Å². The highest BCUT2D eigenvalue weighted by atomic mass is 32.2. The summed E-state index contributed by atoms with van der Waals surface area (Å²) in [6, 6.07) is 16.8. The Morgan fingerprint density at radius 1 is 0.863 bits per heavy atom. The number of phenolic OH excluding ortho intramolecular Hbond substituents is 1. The van der Waals surface area contributed by atoms with Gasteiger partial charge >= 0.3 is 18.0 Å². The zero-order chi connectivity index (χ0) is 37.0. The molecule has 0 bridgehead atoms. The predicted octanol–water partition coefficient (Wildman–Crippen LogP) is 2.04. The molecule has 3 atom stereocenters. The van der Waals surface area contributed by atoms with E-state index in [2.05, 4.69) is 16.0 Å². The monoisotopic (exact) mass is 724 g/mol. The number of hydrogen-bond donors (Lipinski definition) is 5. The smallest absolute Gasteiger partial charge is 0.345 e. The van der Waals surface area contributed by atoms with Crippen LogP contribution in [0.3, 0.4) is 0 Å². The van der Waals surface area contributed by atoms with Crippen molar-refractivity contribution in [2.24, 2.45) is 0 Å². The molecule has 1 heterocycles. The van der Waals surface area contributed by atoms with Crippen LogP contribution in [0.25, 0.3) is 0 Å². The van der Waals surface area contributed by atoms with Gasteiger partial charge in [0.25, 0.3) is 0 Å². The molecular weight excluding hydrogens is 684 g/mol. The second-order valence-corrected chi connectivity index (χ2v) is 13.5. The highest BCUT2D eigenvalue weighted by Gasteiger charge is 2.37. The summed E-state index contributed by atoms with van der Waals surface area (Å²) >= 11 is 0. The lowest BCUT2D eigenvalue weighted by Gasteiger charge is -2.22. The topological polar surface area (TPSA) is 216 Å². The van der Waals surface area contributed by atoms with E-state index in [9.17, 15) is 37.5 Å². The summed E-state index contributed by atoms with van der Waals surface area (Å²) in [5.41, 5.74) is 1.67. The zero-order valence-electron chi connectivity index (χ0n) is 28.0. The first-order valence-corrected chi connectivity index (χ1v) is 17.6. The molecule has 3 aromatic rings. The van der Waals surface area contributed by atoms with E-state index in [1.54, 1.807) is 48.5 Å². The first kappa shape index (κ1) is 38.2. The van der Waals surface area contributed by atoms with E-state index < -0.39 is 57.1 Å². The molecule has 16 heteroatoms. The van der Waals surface area contributed by atoms with Gasteiger partial charge in [-0.15, -0.1) is 0 Å². The average molecular weight is 725 g/mol. The molecule has 3 aromatic carbocycles. The molecule has 1 saturated heterocycles. The molecule has 4 rings (SSSR count). The standard InChI is InChI=1S/C35H40N4O11S/c1-48-33(43)26(20-22-9-4-3-5-10-22)38-35(45)37-25(19-23-13-15-24(16-14-23)29-21-30(41)39-51(29,46)47)32(42)36-17-6-7-18-50-28-12-8-11-27(40)31(28)34(44)49-2/h3-5,8-16,25-26,29,40H,6-7,17-21H2,1-2H3,(H,36,42)(H,39,41)(H2,37,38,45). The number of rotatable bonds is 16. The van der Waals surface area contributed by atoms with Crippen molar-refractivity contribution in [3.05, 3.63) is 95.1 Å². The lowest BCUT2D eigenvalue weighted by Crippen LogP contribution is -2.54. The van der Waals surface area contributed by atoms with Gasteiger partial charge in [0.15, 0.2) is 0 Å². The van der Waals surface area contributed by atoms with E-state index in [-0.39, 0.29) is 49.5 Å². The van der Waals surface area contributed by atoms with Crippen LogP contribution in [0, 0.1) is 0 Å². The number of carbonyl (C=O) groups excluding carboxylic acids is 5. The van der Waals surface area contributed by atoms with Crippen LogP contribution in [0.1, 0.15) is 51.6 Å². The molecule has 3 unspecified atom stereocenters. The number of nitrogens with one attached hydrogen (secondary N) is 4. The molecule has 1 fully saturated rings. The summed E-state index contributed by atoms with van der Waals surface area (Å²) in [4.78, 5) is 62.8. The zero-order valence-corrected chi connectivity index (χ0v) is 28.9. The van der Waals surface area contributed by atoms with Gasteiger partial charge in [0, 0.05) is 19.4 Å². The van der Waals surface area contributed by atoms with Crippen molar-refractivity contribution in [3.8, 4) is 11.5 Å². The van der Waals surface area contributed by atoms with Crippen LogP contribution in [0.4, 0.5) is 4.79 Å². The molecule has 0 aromatic heterocycles. The van der Waals surface area contributed by atoms with Gasteiger partial charge in [-0.3, -0.25) is 14.3 Å². The molecule has 0 saturated carbocycles. The van der Waals surface area contributed by atoms with Gasteiger partial charge in [-0.25, -0.2) is 22.8 Å². The Labute approximate surface area is 295 Å². The Bertz CT molecular complexity index is 1820. The summed E-state index contributed by atoms with van der Waals surface area (Å²) in [5.74, 6) is -2.67. The van der Waals surface area contributed by atoms with Crippen LogP contribution in [0.5, 0.6) is 11.5 Å². The minimum absolute atomic E-state index is 0.00657. The number of aromatic hydroxyl groups is 1. The second-order valence-electron chi connectivity index (χ2n) is 11.6. The second kappa shape index (κ2) is 17.8. The molecule has 1 aliphatic heterocycles. The van der Waals surface area contributed by atoms with Gasteiger partial charge < -0.3 is 35.3 Å². The number of hydrogen-bond acceptors (Lipinski definition) is 11. The van der Waals surface area contributed by atoms with E-state index in [0.29, 0.717) is 24.0 Å². The normalized spacial score (nSPS) is 15.8. The average Bonchev–Trinajstić information content (AvgIpc) is 3.40. The van der Waals surface area contributed by atoms with Crippen LogP contribution in [0.2, 0.25) is 0 Å². The van der Waals surface area contributed by atoms with Crippen molar-refractivity contribution < 1.29 is 51.7 Å². The largest absolute Gasteiger partial charge is 0.507 e. The number of benzene rings is 3. The SMILES string of the molecule is COC(=O)c1c(O)cccc1OCCCCNC(=O)C(Cc1ccc(C2CC(=O)NS2(=O)=O)cc1)NC(=O)NC(Cc1ccccc1)C(=O)OC. The quantitative estimate of drug-likeness (QED) is 0.106. The van der Waals surface area contributed by atoms with E-state index >= 15 is 0 Å². The lowest BCUT2D eigenvalue weighted by atomic mass is 10.0. The summed E-state index contributed by atoms with van der Waals surface area (Å²) < 4.78 is 41.9. The molecule has 4 amide bonds. The molecule has 0 spiro atoms. The summed E-state index contributed by atoms with van der Waals surface area (Å²) in [6.45, 7) is 0.359. The third-order valence-corrected chi connectivity index (χ3v) is 9.71. The van der Waals surface area contributed by atoms with Crippen LogP contribution in [0.15, 0.2) is 72.8 Å². The Kier molecular flexibility index (Phi) is 13.4. The maximum Gasteiger partial charge on any atom is 0.345 e. The minimum Gasteiger partial charge on any atom is -0.507 e. The highest BCUT2D eigenvalue weighted by Crippen LogP contribution is 2.30. The van der Waals surface area contributed by atoms with Gasteiger partial charge in [-0.2, -0.15) is 0 Å². The number of phenols is 1. The fourth-order valence-corrected chi connectivity index (χ4v) is 6.82. The van der Waals surface area contributed by atoms with Crippen molar-refractivity contribution in [1.29, 1.82) is 0 Å². The van der Waals surface area contributed by atoms with E-state index in [1.807, 2.05) is 10.8 Å². The number of carbonyl (C=O) groups is 5. The lowest BCUT2D eigenvalue weighted by molar-refractivity contribution is -0.142. The third kappa shape index (κ3) is 10.7. The molecule has 15 nitrogen and oxygen atoms in total. The first-order valence-electron chi connectivity index (χ1n) is 16.0. The molecule has 51 heavy (non-hydrogen) atoms. The molecule has 0 radical (unpaired) electrons. The third-order valence-electron chi connectivity index (χ3n) is 8.01. The molecule has 0 aliphatic carbocycles. The van der Waals surface area contributed by atoms with Crippen LogP contribution in [-0.4, -0.2) is 82.8 Å². The van der Waals surface area contributed by atoms with Gasteiger partial charge in [-0.05, 0) is 41.7 Å². The first-order chi connectivity index (χ1) is 24.4. The highest BCUT2D eigenvalue weighted by molar-refractivity contribution is 7.90. The fraction of sp³-hybridized carbons (Fsp3) is 0.343. The van der Waals surface area contributed by atoms with Crippen molar-refractivity contribution in [1.82, 2.24) is 20.7 Å². The molecule has 5 N–H and O–H groups in total. The Morgan fingerprint density at radius 3 is 2.18 bits per heavy atom. The predicted molar refractivity (Wildman–Crippen MR) is 183 cm³/mol. The van der Waals surface area contributed by atoms with Gasteiger partial charge in [0.05, 0.1) is 27.2 Å². The number of esters is 2. The number of urea groups is 1.